The van der Waals surface area contributed by atoms with Gasteiger partial charge in [-0.1, -0.05) is 36.4 Å². The first kappa shape index (κ1) is 28.6. The van der Waals surface area contributed by atoms with Gasteiger partial charge in [-0.3, -0.25) is 13.9 Å². The van der Waals surface area contributed by atoms with Crippen LogP contribution in [0, 0.1) is 5.82 Å². The molecule has 42 heavy (non-hydrogen) atoms. The molecule has 4 aromatic rings. The van der Waals surface area contributed by atoms with Gasteiger partial charge in [0.15, 0.2) is 11.5 Å². The lowest BCUT2D eigenvalue weighted by Crippen LogP contribution is -2.40. The number of sulfonamides is 1. The minimum atomic E-state index is -4.12. The van der Waals surface area contributed by atoms with Crippen LogP contribution in [0.1, 0.15) is 15.9 Å². The van der Waals surface area contributed by atoms with Gasteiger partial charge in [0.25, 0.3) is 15.9 Å². The van der Waals surface area contributed by atoms with E-state index in [4.69, 9.17) is 9.47 Å². The Bertz CT molecular complexity index is 1780. The first-order valence-electron chi connectivity index (χ1n) is 13.0. The van der Waals surface area contributed by atoms with Crippen molar-refractivity contribution in [2.75, 3.05) is 36.9 Å². The van der Waals surface area contributed by atoms with Crippen molar-refractivity contribution in [3.8, 4) is 22.6 Å². The van der Waals surface area contributed by atoms with Gasteiger partial charge in [-0.2, -0.15) is 0 Å². The topological polar surface area (TPSA) is 114 Å². The van der Waals surface area contributed by atoms with E-state index in [0.29, 0.717) is 35.6 Å². The molecule has 11 heteroatoms. The molecule has 0 radical (unpaired) electrons. The molecule has 0 unspecified atom stereocenters. The maximum atomic E-state index is 14.1. The zero-order valence-electron chi connectivity index (χ0n) is 22.9. The van der Waals surface area contributed by atoms with Gasteiger partial charge in [-0.05, 0) is 60.5 Å². The summed E-state index contributed by atoms with van der Waals surface area (Å²) in [5.41, 5.74) is 2.28. The quantitative estimate of drug-likeness (QED) is 0.294. The zero-order valence-corrected chi connectivity index (χ0v) is 23.7. The van der Waals surface area contributed by atoms with Gasteiger partial charge in [-0.25, -0.2) is 12.8 Å². The Hall–Kier alpha value is -4.90. The monoisotopic (exact) mass is 589 g/mol. The number of carbonyl (C=O) groups excluding carboxylic acids is 2. The molecule has 2 amide bonds. The molecule has 0 bridgehead atoms. The minimum absolute atomic E-state index is 0.0230. The van der Waals surface area contributed by atoms with E-state index >= 15 is 0 Å². The van der Waals surface area contributed by atoms with Gasteiger partial charge in [-0.15, -0.1) is 0 Å². The molecule has 1 heterocycles. The number of anilines is 2. The highest BCUT2D eigenvalue weighted by molar-refractivity contribution is 7.93. The Labute approximate surface area is 242 Å². The molecule has 1 aliphatic rings. The molecular weight excluding hydrogens is 561 g/mol. The largest absolute Gasteiger partial charge is 0.493 e. The highest BCUT2D eigenvalue weighted by Gasteiger charge is 2.36. The number of hydrogen-bond acceptors (Lipinski definition) is 6. The number of fused-ring (bicyclic) bond motifs is 3. The smallest absolute Gasteiger partial charge is 0.265 e. The second-order valence-electron chi connectivity index (χ2n) is 9.46. The number of amides is 2. The molecule has 9 nitrogen and oxygen atoms in total. The van der Waals surface area contributed by atoms with Gasteiger partial charge < -0.3 is 20.1 Å². The molecular formula is C31H28FN3O6S. The van der Waals surface area contributed by atoms with Crippen LogP contribution in [0.15, 0.2) is 89.8 Å². The fraction of sp³-hybridized carbons (Fsp3) is 0.161. The third-order valence-electron chi connectivity index (χ3n) is 6.85. The highest BCUT2D eigenvalue weighted by Crippen LogP contribution is 2.43. The van der Waals surface area contributed by atoms with Gasteiger partial charge in [0, 0.05) is 17.7 Å². The standard InChI is InChI=1S/C31H28FN3O6S/c1-40-27-14-11-20(17-28(27)41-2)15-16-33-31(37)23-8-3-5-9-25(23)34-30(36)19-35-26-13-12-21(32)18-24(26)22-7-4-6-10-29(22)42(35,38)39/h3-14,17-18H,15-16,19H2,1-2H3,(H,33,37)(H,34,36). The lowest BCUT2D eigenvalue weighted by molar-refractivity contribution is -0.114. The van der Waals surface area contributed by atoms with Crippen LogP contribution < -0.4 is 24.4 Å². The molecule has 0 fully saturated rings. The average molecular weight is 590 g/mol. The number of halogens is 1. The molecule has 4 aromatic carbocycles. The predicted octanol–water partition coefficient (Wildman–Crippen LogP) is 4.63. The lowest BCUT2D eigenvalue weighted by atomic mass is 10.0. The Morgan fingerprint density at radius 2 is 1.60 bits per heavy atom. The van der Waals surface area contributed by atoms with Crippen molar-refractivity contribution in [2.24, 2.45) is 0 Å². The van der Waals surface area contributed by atoms with Crippen molar-refractivity contribution in [2.45, 2.75) is 11.3 Å². The number of methoxy groups -OCH3 is 2. The van der Waals surface area contributed by atoms with E-state index < -0.39 is 34.2 Å². The predicted molar refractivity (Wildman–Crippen MR) is 157 cm³/mol. The van der Waals surface area contributed by atoms with E-state index in [2.05, 4.69) is 10.6 Å². The summed E-state index contributed by atoms with van der Waals surface area (Å²) >= 11 is 0. The van der Waals surface area contributed by atoms with Crippen LogP contribution in [0.4, 0.5) is 15.8 Å². The zero-order chi connectivity index (χ0) is 29.9. The first-order valence-corrected chi connectivity index (χ1v) is 14.5. The van der Waals surface area contributed by atoms with Crippen LogP contribution in [0.5, 0.6) is 11.5 Å². The number of carbonyl (C=O) groups is 2. The Kier molecular flexibility index (Phi) is 8.12. The maximum Gasteiger partial charge on any atom is 0.265 e. The van der Waals surface area contributed by atoms with E-state index in [1.165, 1.54) is 18.2 Å². The molecule has 0 atom stereocenters. The summed E-state index contributed by atoms with van der Waals surface area (Å²) in [7, 11) is -1.01. The van der Waals surface area contributed by atoms with Crippen LogP contribution in [-0.2, 0) is 21.2 Å². The van der Waals surface area contributed by atoms with Crippen molar-refractivity contribution >= 4 is 33.2 Å². The summed E-state index contributed by atoms with van der Waals surface area (Å²) in [6.07, 6.45) is 0.523. The molecule has 0 saturated carbocycles. The third kappa shape index (κ3) is 5.64. The molecule has 0 aliphatic carbocycles. The molecule has 5 rings (SSSR count). The third-order valence-corrected chi connectivity index (χ3v) is 8.67. The van der Waals surface area contributed by atoms with Crippen molar-refractivity contribution in [1.82, 2.24) is 5.32 Å². The van der Waals surface area contributed by atoms with E-state index in [-0.39, 0.29) is 21.8 Å². The molecule has 0 aromatic heterocycles. The number of nitrogens with zero attached hydrogens (tertiary/aromatic N) is 1. The van der Waals surface area contributed by atoms with E-state index in [9.17, 15) is 22.4 Å². The molecule has 2 N–H and O–H groups in total. The Balaban J connectivity index is 1.30. The van der Waals surface area contributed by atoms with Crippen LogP contribution in [0.2, 0.25) is 0 Å². The second-order valence-corrected chi connectivity index (χ2v) is 11.3. The summed E-state index contributed by atoms with van der Waals surface area (Å²) in [6, 6.07) is 21.9. The first-order chi connectivity index (χ1) is 20.2. The summed E-state index contributed by atoms with van der Waals surface area (Å²) in [4.78, 5) is 26.2. The van der Waals surface area contributed by atoms with E-state index in [0.717, 1.165) is 15.9 Å². The van der Waals surface area contributed by atoms with Crippen molar-refractivity contribution in [1.29, 1.82) is 0 Å². The number of ether oxygens (including phenoxy) is 2. The molecule has 216 valence electrons. The van der Waals surface area contributed by atoms with Crippen molar-refractivity contribution in [3.05, 3.63) is 102 Å². The van der Waals surface area contributed by atoms with Gasteiger partial charge in [0.05, 0.1) is 36.1 Å². The summed E-state index contributed by atoms with van der Waals surface area (Å²) in [5, 5.41) is 5.51. The second kappa shape index (κ2) is 11.9. The van der Waals surface area contributed by atoms with Gasteiger partial charge in [0.1, 0.15) is 12.4 Å². The fourth-order valence-corrected chi connectivity index (χ4v) is 6.49. The minimum Gasteiger partial charge on any atom is -0.493 e. The fourth-order valence-electron chi connectivity index (χ4n) is 4.84. The van der Waals surface area contributed by atoms with Crippen LogP contribution in [0.3, 0.4) is 0 Å². The lowest BCUT2D eigenvalue weighted by Gasteiger charge is -2.31. The van der Waals surface area contributed by atoms with Crippen LogP contribution >= 0.6 is 0 Å². The summed E-state index contributed by atoms with van der Waals surface area (Å²) < 4.78 is 52.7. The number of para-hydroxylation sites is 1. The highest BCUT2D eigenvalue weighted by atomic mass is 32.2. The summed E-state index contributed by atoms with van der Waals surface area (Å²) in [5.74, 6) is -0.419. The summed E-state index contributed by atoms with van der Waals surface area (Å²) in [6.45, 7) is -0.264. The normalized spacial score (nSPS) is 13.0. The maximum absolute atomic E-state index is 14.1. The van der Waals surface area contributed by atoms with Crippen LogP contribution in [-0.4, -0.2) is 47.5 Å². The molecule has 1 aliphatic heterocycles. The number of rotatable bonds is 9. The number of hydrogen-bond donors (Lipinski definition) is 2. The average Bonchev–Trinajstić information content (AvgIpc) is 2.99. The SMILES string of the molecule is COc1ccc(CCNC(=O)c2ccccc2NC(=O)CN2c3ccc(F)cc3-c3ccccc3S2(=O)=O)cc1OC. The number of benzene rings is 4. The van der Waals surface area contributed by atoms with Gasteiger partial charge >= 0.3 is 0 Å². The Morgan fingerprint density at radius 3 is 2.38 bits per heavy atom. The van der Waals surface area contributed by atoms with E-state index in [1.54, 1.807) is 62.8 Å². The molecule has 0 saturated heterocycles. The van der Waals surface area contributed by atoms with E-state index in [1.807, 2.05) is 12.1 Å². The van der Waals surface area contributed by atoms with Crippen LogP contribution in [0.25, 0.3) is 11.1 Å². The van der Waals surface area contributed by atoms with Gasteiger partial charge in [0.2, 0.25) is 5.91 Å². The Morgan fingerprint density at radius 1 is 0.857 bits per heavy atom. The number of nitrogens with one attached hydrogen (secondary N) is 2. The van der Waals surface area contributed by atoms with Crippen molar-refractivity contribution in [3.63, 3.8) is 0 Å². The van der Waals surface area contributed by atoms with Crippen molar-refractivity contribution < 1.29 is 31.9 Å². The molecule has 0 spiro atoms.